The molecule has 0 saturated carbocycles. The van der Waals surface area contributed by atoms with Crippen LogP contribution >= 0.6 is 0 Å². The van der Waals surface area contributed by atoms with Crippen molar-refractivity contribution >= 4 is 23.9 Å². The van der Waals surface area contributed by atoms with E-state index in [4.69, 9.17) is 23.7 Å². The SMILES string of the molecule is CC/C=C\C/C=C\C/C=C\C/C=C\C/C=C\C/C=C\CCC(=O)OCC(COC1OC(C(=O)O)C(O)C(O)C1OC(=O)C/C=C\C/C=C\C/C=C\C/C=C\C/C=C\CC)OC(=O)CC/C=C\C/C=C\C/C=C\C/C=C\CC. The monoisotopic (exact) mass is 1060 g/mol. The molecule has 0 aromatic heterocycles. The summed E-state index contributed by atoms with van der Waals surface area (Å²) in [7, 11) is 0. The van der Waals surface area contributed by atoms with Crippen molar-refractivity contribution in [1.29, 1.82) is 0 Å². The number of ether oxygens (including phenoxy) is 5. The van der Waals surface area contributed by atoms with Gasteiger partial charge in [0.25, 0.3) is 0 Å². The van der Waals surface area contributed by atoms with E-state index in [1.165, 1.54) is 0 Å². The first-order chi connectivity index (χ1) is 37.6. The number of carbonyl (C=O) groups is 4. The molecule has 12 nitrogen and oxygen atoms in total. The van der Waals surface area contributed by atoms with Gasteiger partial charge in [-0.2, -0.15) is 0 Å². The van der Waals surface area contributed by atoms with E-state index in [0.29, 0.717) is 32.1 Å². The van der Waals surface area contributed by atoms with Crippen LogP contribution in [0, 0.1) is 0 Å². The van der Waals surface area contributed by atoms with Gasteiger partial charge in [0.15, 0.2) is 24.6 Å². The second-order valence-electron chi connectivity index (χ2n) is 17.7. The zero-order valence-electron chi connectivity index (χ0n) is 46.4. The first kappa shape index (κ1) is 68.8. The Morgan fingerprint density at radius 1 is 0.429 bits per heavy atom. The minimum absolute atomic E-state index is 0.00329. The Balaban J connectivity index is 2.85. The van der Waals surface area contributed by atoms with Gasteiger partial charge < -0.3 is 39.0 Å². The third kappa shape index (κ3) is 40.7. The number of rotatable bonds is 43. The van der Waals surface area contributed by atoms with Gasteiger partial charge in [-0.3, -0.25) is 14.4 Å². The highest BCUT2D eigenvalue weighted by Crippen LogP contribution is 2.26. The van der Waals surface area contributed by atoms with Gasteiger partial charge in [0, 0.05) is 12.8 Å². The molecule has 77 heavy (non-hydrogen) atoms. The summed E-state index contributed by atoms with van der Waals surface area (Å²) in [6, 6.07) is 0. The van der Waals surface area contributed by atoms with Crippen LogP contribution in [0.25, 0.3) is 0 Å². The number of aliphatic hydroxyl groups is 2. The highest BCUT2D eigenvalue weighted by molar-refractivity contribution is 5.74. The second-order valence-corrected chi connectivity index (χ2v) is 17.7. The molecule has 1 fully saturated rings. The molecule has 424 valence electrons. The summed E-state index contributed by atoms with van der Waals surface area (Å²) in [5.41, 5.74) is 0. The number of carboxylic acids is 1. The van der Waals surface area contributed by atoms with Gasteiger partial charge in [-0.15, -0.1) is 0 Å². The summed E-state index contributed by atoms with van der Waals surface area (Å²) in [6.45, 7) is 5.43. The van der Waals surface area contributed by atoms with Crippen LogP contribution in [0.2, 0.25) is 0 Å². The predicted octanol–water partition coefficient (Wildman–Crippen LogP) is 14.1. The van der Waals surface area contributed by atoms with Crippen molar-refractivity contribution < 1.29 is 58.2 Å². The van der Waals surface area contributed by atoms with E-state index < -0.39 is 73.9 Å². The molecule has 12 heteroatoms. The number of allylic oxidation sites excluding steroid dienone is 29. The summed E-state index contributed by atoms with van der Waals surface area (Å²) >= 11 is 0. The van der Waals surface area contributed by atoms with Crippen molar-refractivity contribution in [2.24, 2.45) is 0 Å². The van der Waals surface area contributed by atoms with Crippen LogP contribution in [0.1, 0.15) is 149 Å². The van der Waals surface area contributed by atoms with Gasteiger partial charge in [0.1, 0.15) is 18.8 Å². The molecule has 0 aliphatic carbocycles. The first-order valence-corrected chi connectivity index (χ1v) is 27.8. The van der Waals surface area contributed by atoms with Gasteiger partial charge in [-0.1, -0.05) is 203 Å². The lowest BCUT2D eigenvalue weighted by atomic mass is 9.98. The van der Waals surface area contributed by atoms with Gasteiger partial charge in [0.2, 0.25) is 0 Å². The normalized spacial score (nSPS) is 19.4. The molecule has 0 aromatic rings. The quantitative estimate of drug-likeness (QED) is 0.0300. The van der Waals surface area contributed by atoms with Crippen molar-refractivity contribution in [2.45, 2.75) is 186 Å². The van der Waals surface area contributed by atoms with Crippen molar-refractivity contribution in [2.75, 3.05) is 13.2 Å². The fourth-order valence-electron chi connectivity index (χ4n) is 6.89. The lowest BCUT2D eigenvalue weighted by molar-refractivity contribution is -0.301. The summed E-state index contributed by atoms with van der Waals surface area (Å²) in [4.78, 5) is 50.9. The zero-order valence-corrected chi connectivity index (χ0v) is 46.4. The Labute approximate surface area is 461 Å². The maximum atomic E-state index is 13.1. The predicted molar refractivity (Wildman–Crippen MR) is 311 cm³/mol. The number of hydrogen-bond donors (Lipinski definition) is 3. The standard InChI is InChI=1S/C65H92O12/c1-4-7-10-13-16-19-22-25-27-28-29-30-32-34-36-39-42-45-48-51-57(66)73-54-56(75-58(67)52-49-46-43-40-37-33-24-21-18-15-12-9-6-3)55-74-65-63(61(70)60(69)62(77-65)64(71)72)76-59(68)53-50-47-44-41-38-35-31-26-23-20-17-14-11-8-5-2/h7-12,16-21,25-27,29-31,33-34,36-38,41-43,45-47,50,56,60-63,65,69-70H,4-6,13-15,22-24,28,32,35,39-40,44,48-49,51-55H2,1-3H3,(H,71,72)/b10-7-,11-8-,12-9-,19-16-,20-17-,21-18-,27-25-,30-29-,31-26-,36-34-,37-33-,41-38-,45-42-,46-43-,50-47-. The fourth-order valence-corrected chi connectivity index (χ4v) is 6.89. The Bertz CT molecular complexity index is 2040. The maximum Gasteiger partial charge on any atom is 0.335 e. The van der Waals surface area contributed by atoms with E-state index in [2.05, 4.69) is 148 Å². The Morgan fingerprint density at radius 3 is 1.13 bits per heavy atom. The van der Waals surface area contributed by atoms with Crippen LogP contribution in [0.4, 0.5) is 0 Å². The van der Waals surface area contributed by atoms with Crippen LogP contribution in [-0.2, 0) is 42.9 Å². The van der Waals surface area contributed by atoms with Crippen molar-refractivity contribution in [3.8, 4) is 0 Å². The minimum Gasteiger partial charge on any atom is -0.479 e. The molecule has 0 spiro atoms. The zero-order chi connectivity index (χ0) is 56.1. The fraction of sp³-hybridized carbons (Fsp3) is 0.477. The molecule has 1 heterocycles. The average Bonchev–Trinajstić information content (AvgIpc) is 3.42. The number of esters is 3. The van der Waals surface area contributed by atoms with Crippen molar-refractivity contribution in [3.63, 3.8) is 0 Å². The molecule has 1 aliphatic heterocycles. The van der Waals surface area contributed by atoms with Gasteiger partial charge in [-0.25, -0.2) is 4.79 Å². The van der Waals surface area contributed by atoms with Crippen LogP contribution in [0.15, 0.2) is 182 Å². The summed E-state index contributed by atoms with van der Waals surface area (Å²) in [5, 5.41) is 31.4. The van der Waals surface area contributed by atoms with E-state index in [9.17, 15) is 34.5 Å². The molecule has 0 aromatic carbocycles. The second kappa shape index (κ2) is 50.6. The average molecular weight is 1070 g/mol. The summed E-state index contributed by atoms with van der Waals surface area (Å²) in [6.07, 6.45) is 65.0. The first-order valence-electron chi connectivity index (χ1n) is 27.8. The summed E-state index contributed by atoms with van der Waals surface area (Å²) < 4.78 is 28.0. The number of carboxylic acid groups (broad SMARTS) is 1. The Morgan fingerprint density at radius 2 is 0.766 bits per heavy atom. The molecule has 0 bridgehead atoms. The molecular formula is C65H92O12. The Hall–Kier alpha value is -6.18. The maximum absolute atomic E-state index is 13.1. The van der Waals surface area contributed by atoms with E-state index in [1.54, 1.807) is 12.2 Å². The third-order valence-electron chi connectivity index (χ3n) is 11.0. The molecule has 3 N–H and O–H groups in total. The number of carbonyl (C=O) groups excluding carboxylic acids is 3. The molecule has 0 radical (unpaired) electrons. The molecule has 1 rings (SSSR count). The van der Waals surface area contributed by atoms with Crippen molar-refractivity contribution in [3.05, 3.63) is 182 Å². The largest absolute Gasteiger partial charge is 0.479 e. The van der Waals surface area contributed by atoms with Crippen molar-refractivity contribution in [1.82, 2.24) is 0 Å². The van der Waals surface area contributed by atoms with Gasteiger partial charge in [0.05, 0.1) is 13.0 Å². The van der Waals surface area contributed by atoms with E-state index in [1.807, 2.05) is 42.5 Å². The third-order valence-corrected chi connectivity index (χ3v) is 11.0. The molecule has 1 aliphatic rings. The highest BCUT2D eigenvalue weighted by Gasteiger charge is 2.50. The Kier molecular flexibility index (Phi) is 45.3. The lowest BCUT2D eigenvalue weighted by Gasteiger charge is -2.40. The van der Waals surface area contributed by atoms with E-state index in [-0.39, 0.29) is 19.3 Å². The molecule has 0 amide bonds. The number of hydrogen-bond acceptors (Lipinski definition) is 11. The van der Waals surface area contributed by atoms with E-state index in [0.717, 1.165) is 77.0 Å². The van der Waals surface area contributed by atoms with E-state index >= 15 is 0 Å². The van der Waals surface area contributed by atoms with Crippen LogP contribution in [-0.4, -0.2) is 89.2 Å². The molecule has 6 atom stereocenters. The number of aliphatic carboxylic acids is 1. The number of aliphatic hydroxyl groups excluding tert-OH is 2. The molecular weight excluding hydrogens is 973 g/mol. The smallest absolute Gasteiger partial charge is 0.335 e. The molecule has 1 saturated heterocycles. The minimum atomic E-state index is -1.96. The molecule has 6 unspecified atom stereocenters. The summed E-state index contributed by atoms with van der Waals surface area (Å²) in [5.74, 6) is -3.55. The van der Waals surface area contributed by atoms with Gasteiger partial charge >= 0.3 is 23.9 Å². The van der Waals surface area contributed by atoms with Crippen LogP contribution in [0.3, 0.4) is 0 Å². The lowest BCUT2D eigenvalue weighted by Crippen LogP contribution is -2.61. The van der Waals surface area contributed by atoms with Gasteiger partial charge in [-0.05, 0) is 109 Å². The van der Waals surface area contributed by atoms with Crippen LogP contribution < -0.4 is 0 Å². The highest BCUT2D eigenvalue weighted by atomic mass is 16.7. The topological polar surface area (TPSA) is 175 Å². The van der Waals surface area contributed by atoms with Crippen LogP contribution in [0.5, 0.6) is 0 Å².